The highest BCUT2D eigenvalue weighted by atomic mass is 16.3. The molecule has 0 radical (unpaired) electrons. The van der Waals surface area contributed by atoms with Crippen LogP contribution < -0.4 is 4.90 Å². The van der Waals surface area contributed by atoms with Gasteiger partial charge in [0.2, 0.25) is 0 Å². The van der Waals surface area contributed by atoms with Gasteiger partial charge in [0, 0.05) is 33.4 Å². The highest BCUT2D eigenvalue weighted by Gasteiger charge is 2.29. The van der Waals surface area contributed by atoms with Gasteiger partial charge in [-0.25, -0.2) is 0 Å². The maximum Gasteiger partial charge on any atom is 0.143 e. The standard InChI is InChI=1S/C56H45NO/c1-3-14-38(15-4-1)40-26-32-43(33-27-40)57(44-34-28-41(29-35-44)39-16-5-2-6-17-39)45-36-30-42(31-37-45)54-47-19-7-9-21-49(47)55(50-22-10-8-20-48(50)54)52-24-13-23-51-46-18-11-12-25-53(46)58-56(51)52/h1-6,11-18,23-37H,7-10,19-22H2. The number of hydrogen-bond donors (Lipinski definition) is 0. The summed E-state index contributed by atoms with van der Waals surface area (Å²) >= 11 is 0. The maximum atomic E-state index is 6.70. The first-order valence-corrected chi connectivity index (χ1v) is 21.1. The Labute approximate surface area is 341 Å². The third-order valence-electron chi connectivity index (χ3n) is 12.7. The minimum Gasteiger partial charge on any atom is -0.455 e. The van der Waals surface area contributed by atoms with Gasteiger partial charge < -0.3 is 9.32 Å². The summed E-state index contributed by atoms with van der Waals surface area (Å²) in [5.41, 5.74) is 22.1. The van der Waals surface area contributed by atoms with Gasteiger partial charge in [-0.05, 0) is 155 Å². The van der Waals surface area contributed by atoms with Crippen LogP contribution in [0, 0.1) is 0 Å². The molecule has 2 heteroatoms. The van der Waals surface area contributed by atoms with Gasteiger partial charge in [0.25, 0.3) is 0 Å². The van der Waals surface area contributed by atoms with E-state index in [9.17, 15) is 0 Å². The van der Waals surface area contributed by atoms with Crippen molar-refractivity contribution in [2.24, 2.45) is 0 Å². The summed E-state index contributed by atoms with van der Waals surface area (Å²) in [6, 6.07) is 64.1. The van der Waals surface area contributed by atoms with E-state index in [0.717, 1.165) is 53.9 Å². The van der Waals surface area contributed by atoms with E-state index in [2.05, 4.69) is 181 Å². The zero-order valence-corrected chi connectivity index (χ0v) is 32.8. The molecule has 2 aliphatic rings. The highest BCUT2D eigenvalue weighted by Crippen LogP contribution is 2.49. The van der Waals surface area contributed by atoms with Crippen molar-refractivity contribution in [2.75, 3.05) is 4.90 Å². The number of fused-ring (bicyclic) bond motifs is 5. The molecule has 0 saturated carbocycles. The van der Waals surface area contributed by atoms with Crippen LogP contribution in [0.1, 0.15) is 47.9 Å². The fraction of sp³-hybridized carbons (Fsp3) is 0.143. The topological polar surface area (TPSA) is 16.4 Å². The highest BCUT2D eigenvalue weighted by molar-refractivity contribution is 6.10. The Morgan fingerprint density at radius 1 is 0.328 bits per heavy atom. The summed E-state index contributed by atoms with van der Waals surface area (Å²) in [5.74, 6) is 0. The largest absolute Gasteiger partial charge is 0.455 e. The number of hydrogen-bond acceptors (Lipinski definition) is 2. The van der Waals surface area contributed by atoms with Gasteiger partial charge in [0.05, 0.1) is 0 Å². The van der Waals surface area contributed by atoms with E-state index in [1.807, 2.05) is 0 Å². The van der Waals surface area contributed by atoms with Crippen molar-refractivity contribution in [3.63, 3.8) is 0 Å². The molecule has 0 spiro atoms. The van der Waals surface area contributed by atoms with Crippen LogP contribution in [-0.2, 0) is 25.7 Å². The summed E-state index contributed by atoms with van der Waals surface area (Å²) in [6.45, 7) is 0. The molecule has 11 rings (SSSR count). The van der Waals surface area contributed by atoms with Crippen LogP contribution in [0.4, 0.5) is 17.1 Å². The molecule has 0 bridgehead atoms. The van der Waals surface area contributed by atoms with E-state index >= 15 is 0 Å². The Kier molecular flexibility index (Phi) is 8.77. The van der Waals surface area contributed by atoms with E-state index in [0.29, 0.717) is 0 Å². The molecule has 1 aromatic heterocycles. The SMILES string of the molecule is c1ccc(-c2ccc(N(c3ccc(-c4ccccc4)cc3)c3ccc(-c4c5c(c(-c6cccc7c6oc6ccccc67)c6c4CCCC6)CCCC5)cc3)cc2)cc1. The van der Waals surface area contributed by atoms with Crippen LogP contribution in [0.5, 0.6) is 0 Å². The molecule has 0 aliphatic heterocycles. The summed E-state index contributed by atoms with van der Waals surface area (Å²) in [7, 11) is 0. The lowest BCUT2D eigenvalue weighted by Crippen LogP contribution is -2.16. The first kappa shape index (κ1) is 34.6. The first-order chi connectivity index (χ1) is 28.8. The van der Waals surface area contributed by atoms with Crippen LogP contribution in [0.3, 0.4) is 0 Å². The zero-order valence-electron chi connectivity index (χ0n) is 32.8. The number of furan rings is 1. The van der Waals surface area contributed by atoms with Crippen molar-refractivity contribution in [3.05, 3.63) is 198 Å². The van der Waals surface area contributed by atoms with Crippen molar-refractivity contribution in [1.29, 1.82) is 0 Å². The van der Waals surface area contributed by atoms with Crippen molar-refractivity contribution < 1.29 is 4.42 Å². The van der Waals surface area contributed by atoms with Crippen LogP contribution in [0.15, 0.2) is 180 Å². The molecule has 280 valence electrons. The molecule has 8 aromatic carbocycles. The molecular formula is C56H45NO. The van der Waals surface area contributed by atoms with Crippen LogP contribution in [0.25, 0.3) is 66.4 Å². The van der Waals surface area contributed by atoms with Crippen LogP contribution in [-0.4, -0.2) is 0 Å². The molecule has 0 N–H and O–H groups in total. The lowest BCUT2D eigenvalue weighted by Gasteiger charge is -2.32. The van der Waals surface area contributed by atoms with Gasteiger partial charge in [-0.3, -0.25) is 0 Å². The molecular weight excluding hydrogens is 703 g/mol. The van der Waals surface area contributed by atoms with Crippen molar-refractivity contribution >= 4 is 39.0 Å². The molecule has 0 saturated heterocycles. The van der Waals surface area contributed by atoms with E-state index < -0.39 is 0 Å². The smallest absolute Gasteiger partial charge is 0.143 e. The summed E-state index contributed by atoms with van der Waals surface area (Å²) in [4.78, 5) is 2.40. The molecule has 2 nitrogen and oxygen atoms in total. The predicted octanol–water partition coefficient (Wildman–Crippen LogP) is 15.5. The van der Waals surface area contributed by atoms with Crippen LogP contribution >= 0.6 is 0 Å². The number of nitrogens with zero attached hydrogens (tertiary/aromatic N) is 1. The molecule has 0 unspecified atom stereocenters. The Morgan fingerprint density at radius 2 is 0.741 bits per heavy atom. The number of para-hydroxylation sites is 2. The minimum absolute atomic E-state index is 0.970. The molecule has 0 amide bonds. The number of benzene rings is 8. The average Bonchev–Trinajstić information content (AvgIpc) is 3.69. The number of rotatable bonds is 7. The average molecular weight is 748 g/mol. The monoisotopic (exact) mass is 747 g/mol. The number of anilines is 3. The second-order valence-corrected chi connectivity index (χ2v) is 16.1. The minimum atomic E-state index is 0.970. The normalized spacial score (nSPS) is 13.7. The molecule has 0 atom stereocenters. The lowest BCUT2D eigenvalue weighted by molar-refractivity contribution is 0.659. The summed E-state index contributed by atoms with van der Waals surface area (Å²) in [6.07, 6.45) is 9.40. The van der Waals surface area contributed by atoms with Gasteiger partial charge in [-0.1, -0.05) is 133 Å². The van der Waals surface area contributed by atoms with Crippen molar-refractivity contribution in [3.8, 4) is 44.5 Å². The van der Waals surface area contributed by atoms with Gasteiger partial charge in [0.1, 0.15) is 11.2 Å². The quantitative estimate of drug-likeness (QED) is 0.161. The van der Waals surface area contributed by atoms with Gasteiger partial charge in [-0.15, -0.1) is 0 Å². The summed E-state index contributed by atoms with van der Waals surface area (Å²) in [5, 5.41) is 2.42. The summed E-state index contributed by atoms with van der Waals surface area (Å²) < 4.78 is 6.70. The Morgan fingerprint density at radius 3 is 1.26 bits per heavy atom. The predicted molar refractivity (Wildman–Crippen MR) is 243 cm³/mol. The van der Waals surface area contributed by atoms with Crippen LogP contribution in [0.2, 0.25) is 0 Å². The van der Waals surface area contributed by atoms with Gasteiger partial charge in [-0.2, -0.15) is 0 Å². The van der Waals surface area contributed by atoms with Gasteiger partial charge >= 0.3 is 0 Å². The molecule has 58 heavy (non-hydrogen) atoms. The lowest BCUT2D eigenvalue weighted by atomic mass is 9.72. The van der Waals surface area contributed by atoms with Crippen molar-refractivity contribution in [2.45, 2.75) is 51.4 Å². The maximum absolute atomic E-state index is 6.70. The molecule has 0 fully saturated rings. The Bertz CT molecular complexity index is 2780. The second-order valence-electron chi connectivity index (χ2n) is 16.1. The van der Waals surface area contributed by atoms with E-state index in [4.69, 9.17) is 4.42 Å². The fourth-order valence-electron chi connectivity index (χ4n) is 9.99. The molecule has 9 aromatic rings. The fourth-order valence-corrected chi connectivity index (χ4v) is 9.99. The Hall–Kier alpha value is -6.64. The zero-order chi connectivity index (χ0) is 38.4. The first-order valence-electron chi connectivity index (χ1n) is 21.1. The van der Waals surface area contributed by atoms with E-state index in [-0.39, 0.29) is 0 Å². The van der Waals surface area contributed by atoms with Crippen molar-refractivity contribution in [1.82, 2.24) is 0 Å². The Balaban J connectivity index is 1.03. The molecule has 2 aliphatic carbocycles. The third-order valence-corrected chi connectivity index (χ3v) is 12.7. The van der Waals surface area contributed by atoms with Gasteiger partial charge in [0.15, 0.2) is 0 Å². The van der Waals surface area contributed by atoms with E-state index in [1.54, 1.807) is 22.3 Å². The second kappa shape index (κ2) is 14.7. The third kappa shape index (κ3) is 6.03. The molecule has 1 heterocycles. The van der Waals surface area contributed by atoms with E-state index in [1.165, 1.54) is 81.0 Å².